The normalized spacial score (nSPS) is 15.0. The van der Waals surface area contributed by atoms with Crippen LogP contribution in [-0.2, 0) is 9.59 Å². The number of carbonyl (C=O) groups excluding carboxylic acids is 3. The lowest BCUT2D eigenvalue weighted by Crippen LogP contribution is -2.54. The smallest absolute Gasteiger partial charge is 0.335 e. The average molecular weight is 472 g/mol. The summed E-state index contributed by atoms with van der Waals surface area (Å²) in [4.78, 5) is 49.0. The Labute approximate surface area is 195 Å². The fourth-order valence-corrected chi connectivity index (χ4v) is 3.45. The third kappa shape index (κ3) is 5.75. The molecule has 0 aromatic heterocycles. The maximum atomic E-state index is 13.1. The Bertz CT molecular complexity index is 1130. The van der Waals surface area contributed by atoms with Crippen molar-refractivity contribution < 1.29 is 24.0 Å². The summed E-state index contributed by atoms with van der Waals surface area (Å²) in [5, 5.41) is 13.5. The van der Waals surface area contributed by atoms with Gasteiger partial charge in [0.15, 0.2) is 0 Å². The van der Waals surface area contributed by atoms with Crippen LogP contribution in [-0.4, -0.2) is 29.4 Å². The van der Waals surface area contributed by atoms with Crippen molar-refractivity contribution in [2.45, 2.75) is 32.6 Å². The van der Waals surface area contributed by atoms with E-state index in [4.69, 9.17) is 16.3 Å². The van der Waals surface area contributed by atoms with Gasteiger partial charge in [0.2, 0.25) is 0 Å². The van der Waals surface area contributed by atoms with Crippen molar-refractivity contribution in [2.75, 3.05) is 11.5 Å². The van der Waals surface area contributed by atoms with Gasteiger partial charge in [-0.15, -0.1) is 0 Å². The topological polar surface area (TPSA) is 119 Å². The van der Waals surface area contributed by atoms with Crippen molar-refractivity contribution in [3.05, 3.63) is 68.7 Å². The molecule has 0 saturated carbocycles. The van der Waals surface area contributed by atoms with Gasteiger partial charge in [0.1, 0.15) is 11.3 Å². The highest BCUT2D eigenvalue weighted by Crippen LogP contribution is 2.29. The van der Waals surface area contributed by atoms with Crippen molar-refractivity contribution in [1.29, 1.82) is 0 Å². The number of urea groups is 1. The van der Waals surface area contributed by atoms with Crippen molar-refractivity contribution in [1.82, 2.24) is 5.32 Å². The summed E-state index contributed by atoms with van der Waals surface area (Å²) in [6.45, 7) is 2.56. The van der Waals surface area contributed by atoms with Crippen LogP contribution >= 0.6 is 11.6 Å². The van der Waals surface area contributed by atoms with E-state index in [-0.39, 0.29) is 16.9 Å². The minimum Gasteiger partial charge on any atom is -0.493 e. The first-order valence-corrected chi connectivity index (χ1v) is 10.8. The number of anilines is 1. The maximum Gasteiger partial charge on any atom is 0.335 e. The Balaban J connectivity index is 1.93. The number of hydrogen-bond donors (Lipinski definition) is 1. The molecule has 1 N–H and O–H groups in total. The number of hydrogen-bond acceptors (Lipinski definition) is 6. The van der Waals surface area contributed by atoms with Gasteiger partial charge in [-0.2, -0.15) is 0 Å². The molecule has 0 unspecified atom stereocenters. The Hall–Kier alpha value is -3.72. The molecule has 0 bridgehead atoms. The lowest BCUT2D eigenvalue weighted by Gasteiger charge is -2.26. The van der Waals surface area contributed by atoms with E-state index >= 15 is 0 Å². The lowest BCUT2D eigenvalue weighted by molar-refractivity contribution is -0.384. The van der Waals surface area contributed by atoms with Crippen LogP contribution in [0.3, 0.4) is 0 Å². The number of nitrogens with one attached hydrogen (secondary N) is 1. The molecule has 33 heavy (non-hydrogen) atoms. The highest BCUT2D eigenvalue weighted by Gasteiger charge is 2.37. The molecular weight excluding hydrogens is 450 g/mol. The number of nitro groups is 1. The van der Waals surface area contributed by atoms with Crippen LogP contribution in [0, 0.1) is 10.1 Å². The number of imide groups is 2. The standard InChI is InChI=1S/C23H22ClN3O6/c1-2-3-4-5-11-33-20-10-9-16(24)12-15(20)13-19-21(28)25-23(30)26(22(19)29)17-7-6-8-18(14-17)27(31)32/h6-10,12-14H,2-5,11H2,1H3,(H,25,28,30)/b19-13-. The van der Waals surface area contributed by atoms with Gasteiger partial charge in [-0.25, -0.2) is 9.69 Å². The summed E-state index contributed by atoms with van der Waals surface area (Å²) in [7, 11) is 0. The fraction of sp³-hybridized carbons (Fsp3) is 0.261. The first-order valence-electron chi connectivity index (χ1n) is 10.4. The molecule has 0 atom stereocenters. The van der Waals surface area contributed by atoms with Gasteiger partial charge in [-0.1, -0.05) is 43.9 Å². The molecule has 0 spiro atoms. The molecule has 172 valence electrons. The van der Waals surface area contributed by atoms with Crippen LogP contribution in [0.25, 0.3) is 6.08 Å². The van der Waals surface area contributed by atoms with E-state index < -0.39 is 22.8 Å². The van der Waals surface area contributed by atoms with Crippen LogP contribution in [0.15, 0.2) is 48.0 Å². The minimum absolute atomic E-state index is 0.0383. The number of non-ortho nitro benzene ring substituents is 1. The molecule has 1 saturated heterocycles. The Kier molecular flexibility index (Phi) is 7.78. The predicted octanol–water partition coefficient (Wildman–Crippen LogP) is 4.87. The zero-order valence-electron chi connectivity index (χ0n) is 17.9. The Morgan fingerprint density at radius 2 is 1.91 bits per heavy atom. The Morgan fingerprint density at radius 1 is 1.12 bits per heavy atom. The van der Waals surface area contributed by atoms with Gasteiger partial charge < -0.3 is 4.74 Å². The highest BCUT2D eigenvalue weighted by molar-refractivity contribution is 6.39. The summed E-state index contributed by atoms with van der Waals surface area (Å²) < 4.78 is 5.82. The van der Waals surface area contributed by atoms with Crippen LogP contribution in [0.5, 0.6) is 5.75 Å². The number of amides is 4. The SMILES string of the molecule is CCCCCCOc1ccc(Cl)cc1/C=C1/C(=O)NC(=O)N(c2cccc([N+](=O)[O-])c2)C1=O. The summed E-state index contributed by atoms with van der Waals surface area (Å²) in [6, 6.07) is 8.84. The van der Waals surface area contributed by atoms with Gasteiger partial charge in [0.25, 0.3) is 17.5 Å². The first-order chi connectivity index (χ1) is 15.8. The molecule has 2 aromatic carbocycles. The van der Waals surface area contributed by atoms with Gasteiger partial charge in [-0.05, 0) is 36.8 Å². The quantitative estimate of drug-likeness (QED) is 0.183. The average Bonchev–Trinajstić information content (AvgIpc) is 2.77. The van der Waals surface area contributed by atoms with E-state index in [1.165, 1.54) is 24.3 Å². The molecule has 1 heterocycles. The van der Waals surface area contributed by atoms with E-state index in [0.717, 1.165) is 31.7 Å². The molecule has 0 radical (unpaired) electrons. The maximum absolute atomic E-state index is 13.1. The number of barbiturate groups is 1. The number of nitrogens with zero attached hydrogens (tertiary/aromatic N) is 2. The van der Waals surface area contributed by atoms with E-state index in [2.05, 4.69) is 12.2 Å². The fourth-order valence-electron chi connectivity index (χ4n) is 3.27. The number of halogens is 1. The number of unbranched alkanes of at least 4 members (excludes halogenated alkanes) is 3. The second-order valence-electron chi connectivity index (χ2n) is 7.33. The molecule has 3 rings (SSSR count). The van der Waals surface area contributed by atoms with Crippen LogP contribution in [0.2, 0.25) is 5.02 Å². The van der Waals surface area contributed by atoms with Crippen molar-refractivity contribution in [3.63, 3.8) is 0 Å². The zero-order valence-corrected chi connectivity index (χ0v) is 18.6. The van der Waals surface area contributed by atoms with Gasteiger partial charge in [0.05, 0.1) is 17.2 Å². The van der Waals surface area contributed by atoms with Crippen molar-refractivity contribution >= 4 is 46.9 Å². The second kappa shape index (κ2) is 10.7. The molecule has 4 amide bonds. The number of carbonyl (C=O) groups is 3. The largest absolute Gasteiger partial charge is 0.493 e. The molecule has 1 aliphatic rings. The third-order valence-corrected chi connectivity index (χ3v) is 5.16. The number of ether oxygens (including phenoxy) is 1. The summed E-state index contributed by atoms with van der Waals surface area (Å²) in [6.07, 6.45) is 5.34. The van der Waals surface area contributed by atoms with E-state index in [9.17, 15) is 24.5 Å². The second-order valence-corrected chi connectivity index (χ2v) is 7.76. The molecule has 10 heteroatoms. The first kappa shape index (κ1) is 23.9. The molecule has 1 aliphatic heterocycles. The zero-order chi connectivity index (χ0) is 24.0. The molecular formula is C23H22ClN3O6. The molecule has 1 fully saturated rings. The molecule has 9 nitrogen and oxygen atoms in total. The van der Waals surface area contributed by atoms with E-state index in [1.54, 1.807) is 18.2 Å². The van der Waals surface area contributed by atoms with Crippen molar-refractivity contribution in [2.24, 2.45) is 0 Å². The number of nitro benzene ring substituents is 1. The minimum atomic E-state index is -0.999. The third-order valence-electron chi connectivity index (χ3n) is 4.93. The summed E-state index contributed by atoms with van der Waals surface area (Å²) >= 11 is 6.11. The summed E-state index contributed by atoms with van der Waals surface area (Å²) in [5.41, 5.74) is -0.281. The van der Waals surface area contributed by atoms with E-state index in [0.29, 0.717) is 27.8 Å². The highest BCUT2D eigenvalue weighted by atomic mass is 35.5. The number of benzene rings is 2. The van der Waals surface area contributed by atoms with Gasteiger partial charge in [-0.3, -0.25) is 25.0 Å². The van der Waals surface area contributed by atoms with Crippen molar-refractivity contribution in [3.8, 4) is 5.75 Å². The van der Waals surface area contributed by atoms with Gasteiger partial charge in [0, 0.05) is 22.7 Å². The van der Waals surface area contributed by atoms with Crippen LogP contribution in [0.4, 0.5) is 16.2 Å². The number of rotatable bonds is 9. The lowest BCUT2D eigenvalue weighted by atomic mass is 10.1. The van der Waals surface area contributed by atoms with Gasteiger partial charge >= 0.3 is 6.03 Å². The molecule has 0 aliphatic carbocycles. The van der Waals surface area contributed by atoms with E-state index in [1.807, 2.05) is 0 Å². The Morgan fingerprint density at radius 3 is 2.64 bits per heavy atom. The monoisotopic (exact) mass is 471 g/mol. The molecule has 2 aromatic rings. The van der Waals surface area contributed by atoms with Crippen LogP contribution in [0.1, 0.15) is 38.2 Å². The predicted molar refractivity (Wildman–Crippen MR) is 123 cm³/mol. The van der Waals surface area contributed by atoms with Crippen LogP contribution < -0.4 is 15.0 Å². The summed E-state index contributed by atoms with van der Waals surface area (Å²) in [5.74, 6) is -1.37.